The Morgan fingerprint density at radius 3 is 2.36 bits per heavy atom. The van der Waals surface area contributed by atoms with E-state index in [4.69, 9.17) is 0 Å². The van der Waals surface area contributed by atoms with Gasteiger partial charge in [-0.05, 0) is 23.5 Å². The number of hydrogen-bond acceptors (Lipinski definition) is 0. The van der Waals surface area contributed by atoms with E-state index in [9.17, 15) is 8.78 Å². The van der Waals surface area contributed by atoms with Crippen LogP contribution in [-0.4, -0.2) is 0 Å². The van der Waals surface area contributed by atoms with Crippen molar-refractivity contribution in [3.63, 3.8) is 0 Å². The topological polar surface area (TPSA) is 0 Å². The summed E-state index contributed by atoms with van der Waals surface area (Å²) in [6.45, 7) is 6.02. The Bertz CT molecular complexity index is 316. The maximum atomic E-state index is 13.4. The lowest BCUT2D eigenvalue weighted by molar-refractivity contribution is 0.441. The molecule has 1 aromatic carbocycles. The summed E-state index contributed by atoms with van der Waals surface area (Å²) in [4.78, 5) is 0. The van der Waals surface area contributed by atoms with Gasteiger partial charge in [-0.25, -0.2) is 8.78 Å². The lowest BCUT2D eigenvalue weighted by Crippen LogP contribution is -2.18. The van der Waals surface area contributed by atoms with E-state index in [2.05, 4.69) is 6.92 Å². The van der Waals surface area contributed by atoms with E-state index in [1.165, 1.54) is 6.07 Å². The van der Waals surface area contributed by atoms with E-state index in [0.717, 1.165) is 18.9 Å². The molecule has 0 atom stereocenters. The minimum absolute atomic E-state index is 0.216. The Labute approximate surface area is 84.0 Å². The van der Waals surface area contributed by atoms with Crippen LogP contribution in [0.4, 0.5) is 8.78 Å². The lowest BCUT2D eigenvalue weighted by Gasteiger charge is -2.25. The van der Waals surface area contributed by atoms with E-state index in [0.29, 0.717) is 5.56 Å². The van der Waals surface area contributed by atoms with Gasteiger partial charge in [0.25, 0.3) is 0 Å². The Morgan fingerprint density at radius 1 is 1.21 bits per heavy atom. The van der Waals surface area contributed by atoms with Crippen LogP contribution in [0.15, 0.2) is 18.2 Å². The molecule has 0 unspecified atom stereocenters. The molecular formula is C12H16F2. The standard InChI is InChI=1S/C12H16F2/c1-4-7-12(2,3)10-6-5-9(13)8-11(10)14/h5-6,8H,4,7H2,1-3H3. The second kappa shape index (κ2) is 4.07. The molecule has 0 bridgehead atoms. The maximum Gasteiger partial charge on any atom is 0.129 e. The first-order valence-electron chi connectivity index (χ1n) is 4.93. The predicted molar refractivity (Wildman–Crippen MR) is 54.3 cm³/mol. The van der Waals surface area contributed by atoms with Crippen LogP contribution in [-0.2, 0) is 5.41 Å². The average Bonchev–Trinajstić information content (AvgIpc) is 2.02. The van der Waals surface area contributed by atoms with Crippen LogP contribution in [0.1, 0.15) is 39.2 Å². The summed E-state index contributed by atoms with van der Waals surface area (Å²) in [5.74, 6) is -0.956. The molecule has 0 N–H and O–H groups in total. The van der Waals surface area contributed by atoms with Crippen molar-refractivity contribution >= 4 is 0 Å². The van der Waals surface area contributed by atoms with E-state index >= 15 is 0 Å². The van der Waals surface area contributed by atoms with Gasteiger partial charge in [0, 0.05) is 6.07 Å². The number of halogens is 2. The van der Waals surface area contributed by atoms with E-state index in [1.54, 1.807) is 6.07 Å². The van der Waals surface area contributed by atoms with Crippen LogP contribution in [0.25, 0.3) is 0 Å². The second-order valence-electron chi connectivity index (χ2n) is 4.26. The number of hydrogen-bond donors (Lipinski definition) is 0. The zero-order valence-electron chi connectivity index (χ0n) is 8.90. The Kier molecular flexibility index (Phi) is 3.25. The van der Waals surface area contributed by atoms with Gasteiger partial charge in [0.15, 0.2) is 0 Å². The summed E-state index contributed by atoms with van der Waals surface area (Å²) in [5, 5.41) is 0. The molecule has 78 valence electrons. The fourth-order valence-electron chi connectivity index (χ4n) is 1.80. The van der Waals surface area contributed by atoms with Crippen molar-refractivity contribution < 1.29 is 8.78 Å². The van der Waals surface area contributed by atoms with Gasteiger partial charge >= 0.3 is 0 Å². The molecule has 0 aromatic heterocycles. The molecule has 0 saturated carbocycles. The Balaban J connectivity index is 3.06. The molecule has 2 heteroatoms. The molecule has 0 aliphatic heterocycles. The third-order valence-electron chi connectivity index (χ3n) is 2.54. The summed E-state index contributed by atoms with van der Waals surface area (Å²) in [6, 6.07) is 3.81. The van der Waals surface area contributed by atoms with Crippen LogP contribution >= 0.6 is 0 Å². The normalized spacial score (nSPS) is 11.8. The molecule has 1 aromatic rings. The van der Waals surface area contributed by atoms with Gasteiger partial charge in [0.2, 0.25) is 0 Å². The first kappa shape index (κ1) is 11.2. The van der Waals surface area contributed by atoms with Crippen molar-refractivity contribution in [2.75, 3.05) is 0 Å². The van der Waals surface area contributed by atoms with E-state index in [1.807, 2.05) is 13.8 Å². The molecule has 1 rings (SSSR count). The Hall–Kier alpha value is -0.920. The minimum atomic E-state index is -0.515. The van der Waals surface area contributed by atoms with Gasteiger partial charge in [-0.15, -0.1) is 0 Å². The van der Waals surface area contributed by atoms with E-state index in [-0.39, 0.29) is 5.41 Å². The van der Waals surface area contributed by atoms with Gasteiger partial charge in [-0.3, -0.25) is 0 Å². The molecule has 0 spiro atoms. The van der Waals surface area contributed by atoms with Crippen molar-refractivity contribution in [1.82, 2.24) is 0 Å². The summed E-state index contributed by atoms with van der Waals surface area (Å²) < 4.78 is 26.1. The highest BCUT2D eigenvalue weighted by atomic mass is 19.1. The largest absolute Gasteiger partial charge is 0.207 e. The molecule has 0 heterocycles. The van der Waals surface area contributed by atoms with Crippen molar-refractivity contribution in [1.29, 1.82) is 0 Å². The van der Waals surface area contributed by atoms with Crippen LogP contribution in [0.5, 0.6) is 0 Å². The van der Waals surface area contributed by atoms with Gasteiger partial charge < -0.3 is 0 Å². The van der Waals surface area contributed by atoms with Crippen LogP contribution < -0.4 is 0 Å². The van der Waals surface area contributed by atoms with Gasteiger partial charge in [0.05, 0.1) is 0 Å². The van der Waals surface area contributed by atoms with Gasteiger partial charge in [-0.1, -0.05) is 33.3 Å². The van der Waals surface area contributed by atoms with Gasteiger partial charge in [-0.2, -0.15) is 0 Å². The molecular weight excluding hydrogens is 182 g/mol. The van der Waals surface area contributed by atoms with Crippen molar-refractivity contribution in [2.45, 2.75) is 39.0 Å². The first-order valence-corrected chi connectivity index (χ1v) is 4.93. The minimum Gasteiger partial charge on any atom is -0.207 e. The third kappa shape index (κ3) is 2.31. The summed E-state index contributed by atoms with van der Waals surface area (Å²) in [6.07, 6.45) is 1.89. The molecule has 0 amide bonds. The molecule has 0 saturated heterocycles. The molecule has 14 heavy (non-hydrogen) atoms. The molecule has 0 radical (unpaired) electrons. The van der Waals surface area contributed by atoms with Crippen molar-refractivity contribution in [3.05, 3.63) is 35.4 Å². The maximum absolute atomic E-state index is 13.4. The number of benzene rings is 1. The second-order valence-corrected chi connectivity index (χ2v) is 4.26. The van der Waals surface area contributed by atoms with Gasteiger partial charge in [0.1, 0.15) is 11.6 Å². The summed E-state index contributed by atoms with van der Waals surface area (Å²) in [7, 11) is 0. The fraction of sp³-hybridized carbons (Fsp3) is 0.500. The summed E-state index contributed by atoms with van der Waals surface area (Å²) >= 11 is 0. The van der Waals surface area contributed by atoms with Crippen LogP contribution in [0.3, 0.4) is 0 Å². The van der Waals surface area contributed by atoms with E-state index < -0.39 is 11.6 Å². The van der Waals surface area contributed by atoms with Crippen LogP contribution in [0.2, 0.25) is 0 Å². The van der Waals surface area contributed by atoms with Crippen LogP contribution in [0, 0.1) is 11.6 Å². The average molecular weight is 198 g/mol. The Morgan fingerprint density at radius 2 is 1.86 bits per heavy atom. The summed E-state index contributed by atoms with van der Waals surface area (Å²) in [5.41, 5.74) is 0.382. The fourth-order valence-corrected chi connectivity index (χ4v) is 1.80. The quantitative estimate of drug-likeness (QED) is 0.687. The highest BCUT2D eigenvalue weighted by Gasteiger charge is 2.23. The molecule has 0 fully saturated rings. The monoisotopic (exact) mass is 198 g/mol. The number of rotatable bonds is 3. The highest BCUT2D eigenvalue weighted by Crippen LogP contribution is 2.30. The zero-order valence-corrected chi connectivity index (χ0v) is 8.90. The first-order chi connectivity index (χ1) is 6.47. The smallest absolute Gasteiger partial charge is 0.129 e. The molecule has 0 aliphatic rings. The highest BCUT2D eigenvalue weighted by molar-refractivity contribution is 5.26. The molecule has 0 aliphatic carbocycles. The third-order valence-corrected chi connectivity index (χ3v) is 2.54. The lowest BCUT2D eigenvalue weighted by atomic mass is 9.80. The predicted octanol–water partition coefficient (Wildman–Crippen LogP) is 4.04. The SMILES string of the molecule is CCCC(C)(C)c1ccc(F)cc1F. The van der Waals surface area contributed by atoms with Crippen molar-refractivity contribution in [2.24, 2.45) is 0 Å². The van der Waals surface area contributed by atoms with Crippen molar-refractivity contribution in [3.8, 4) is 0 Å². The zero-order chi connectivity index (χ0) is 10.8. The molecule has 0 nitrogen and oxygen atoms in total.